The van der Waals surface area contributed by atoms with E-state index in [-0.39, 0.29) is 5.91 Å². The minimum Gasteiger partial charge on any atom is -0.369 e. The highest BCUT2D eigenvalue weighted by molar-refractivity contribution is 14.1. The molecule has 1 atom stereocenters. The Bertz CT molecular complexity index is 178. The molecule has 1 aliphatic heterocycles. The number of rotatable bonds is 0. The van der Waals surface area contributed by atoms with Crippen molar-refractivity contribution in [1.29, 1.82) is 0 Å². The highest BCUT2D eigenvalue weighted by atomic mass is 127. The van der Waals surface area contributed by atoms with Gasteiger partial charge in [0.2, 0.25) is 5.91 Å². The molecule has 0 radical (unpaired) electrons. The minimum absolute atomic E-state index is 0.132. The van der Waals surface area contributed by atoms with Crippen LogP contribution in [0.3, 0.4) is 0 Å². The Hall–Kier alpha value is -0.100. The second kappa shape index (κ2) is 2.26. The molecule has 0 bridgehead atoms. The number of aliphatic hydroxyl groups excluding tert-OH is 1. The van der Waals surface area contributed by atoms with E-state index in [1.54, 1.807) is 7.05 Å². The number of carbonyl (C=O) groups excluding carboxylic acids is 1. The number of likely N-dealkylation sites (N-methyl/N-ethyl adjacent to an activating group) is 1. The third kappa shape index (κ3) is 1.09. The molecule has 1 aliphatic rings. The fourth-order valence-electron chi connectivity index (χ4n) is 0.600. The second-order valence-corrected chi connectivity index (χ2v) is 3.10. The van der Waals surface area contributed by atoms with Gasteiger partial charge >= 0.3 is 0 Å². The van der Waals surface area contributed by atoms with Crippen LogP contribution in [0.1, 0.15) is 0 Å². The Morgan fingerprint density at radius 2 is 2.44 bits per heavy atom. The maximum Gasteiger partial charge on any atom is 0.249 e. The van der Waals surface area contributed by atoms with Gasteiger partial charge in [-0.15, -0.1) is 0 Å². The van der Waals surface area contributed by atoms with Gasteiger partial charge in [0.05, 0.1) is 0 Å². The first kappa shape index (κ1) is 7.01. The molecule has 0 saturated carbocycles. The fraction of sp³-hybridized carbons (Fsp3) is 0.400. The second-order valence-electron chi connectivity index (χ2n) is 1.85. The molecule has 3 nitrogen and oxygen atoms in total. The zero-order chi connectivity index (χ0) is 7.02. The summed E-state index contributed by atoms with van der Waals surface area (Å²) in [4.78, 5) is 12.0. The lowest BCUT2D eigenvalue weighted by Crippen LogP contribution is -2.29. The zero-order valence-corrected chi connectivity index (χ0v) is 6.99. The van der Waals surface area contributed by atoms with E-state index in [9.17, 15) is 4.79 Å². The van der Waals surface area contributed by atoms with Crippen LogP contribution in [0.5, 0.6) is 0 Å². The number of amides is 1. The van der Waals surface area contributed by atoms with Crippen LogP contribution in [0.15, 0.2) is 9.66 Å². The fourth-order valence-corrected chi connectivity index (χ4v) is 1.28. The molecule has 0 aromatic carbocycles. The zero-order valence-electron chi connectivity index (χ0n) is 4.84. The number of hydrogen-bond acceptors (Lipinski definition) is 2. The van der Waals surface area contributed by atoms with Crippen LogP contribution in [0.4, 0.5) is 0 Å². The smallest absolute Gasteiger partial charge is 0.249 e. The van der Waals surface area contributed by atoms with Crippen molar-refractivity contribution in [1.82, 2.24) is 4.90 Å². The molecule has 1 N–H and O–H groups in total. The van der Waals surface area contributed by atoms with Gasteiger partial charge in [-0.05, 0) is 22.6 Å². The summed E-state index contributed by atoms with van der Waals surface area (Å²) in [5.74, 6) is -0.132. The Morgan fingerprint density at radius 1 is 1.89 bits per heavy atom. The predicted molar refractivity (Wildman–Crippen MR) is 40.9 cm³/mol. The molecule has 1 unspecified atom stereocenters. The molecular weight excluding hydrogens is 233 g/mol. The normalized spacial score (nSPS) is 27.0. The maximum absolute atomic E-state index is 10.7. The summed E-state index contributed by atoms with van der Waals surface area (Å²) < 4.78 is 0.681. The average molecular weight is 239 g/mol. The van der Waals surface area contributed by atoms with Crippen LogP contribution in [-0.4, -0.2) is 29.2 Å². The SMILES string of the molecule is CN1C(=O)C=C(I)C1O. The van der Waals surface area contributed by atoms with E-state index in [4.69, 9.17) is 5.11 Å². The summed E-state index contributed by atoms with van der Waals surface area (Å²) >= 11 is 1.94. The van der Waals surface area contributed by atoms with Crippen molar-refractivity contribution in [2.45, 2.75) is 6.23 Å². The molecule has 4 heteroatoms. The number of nitrogens with zero attached hydrogens (tertiary/aromatic N) is 1. The monoisotopic (exact) mass is 239 g/mol. The van der Waals surface area contributed by atoms with Crippen LogP contribution in [0.25, 0.3) is 0 Å². The first-order chi connectivity index (χ1) is 4.13. The third-order valence-corrected chi connectivity index (χ3v) is 2.09. The summed E-state index contributed by atoms with van der Waals surface area (Å²) in [5.41, 5.74) is 0. The summed E-state index contributed by atoms with van der Waals surface area (Å²) in [5, 5.41) is 9.07. The standard InChI is InChI=1S/C5H6INO2/c1-7-4(8)2-3(6)5(7)9/h2,5,9H,1H3. The highest BCUT2D eigenvalue weighted by Crippen LogP contribution is 2.20. The van der Waals surface area contributed by atoms with Crippen molar-refractivity contribution >= 4 is 28.5 Å². The quantitative estimate of drug-likeness (QED) is 0.609. The van der Waals surface area contributed by atoms with Crippen molar-refractivity contribution in [2.24, 2.45) is 0 Å². The number of aliphatic hydroxyl groups is 1. The van der Waals surface area contributed by atoms with Gasteiger partial charge in [-0.1, -0.05) is 0 Å². The molecule has 0 aromatic rings. The Morgan fingerprint density at radius 3 is 2.56 bits per heavy atom. The lowest BCUT2D eigenvalue weighted by molar-refractivity contribution is -0.128. The van der Waals surface area contributed by atoms with E-state index in [0.717, 1.165) is 0 Å². The summed E-state index contributed by atoms with van der Waals surface area (Å²) in [7, 11) is 1.56. The van der Waals surface area contributed by atoms with E-state index in [1.165, 1.54) is 11.0 Å². The average Bonchev–Trinajstić information content (AvgIpc) is 1.98. The molecule has 0 aromatic heterocycles. The molecule has 1 heterocycles. The van der Waals surface area contributed by atoms with Crippen LogP contribution in [0.2, 0.25) is 0 Å². The van der Waals surface area contributed by atoms with Crippen molar-refractivity contribution < 1.29 is 9.90 Å². The lowest BCUT2D eigenvalue weighted by atomic mass is 10.5. The van der Waals surface area contributed by atoms with Crippen LogP contribution in [0, 0.1) is 0 Å². The topological polar surface area (TPSA) is 40.5 Å². The molecule has 0 saturated heterocycles. The van der Waals surface area contributed by atoms with Gasteiger partial charge in [-0.3, -0.25) is 4.79 Å². The van der Waals surface area contributed by atoms with Crippen molar-refractivity contribution in [3.05, 3.63) is 9.66 Å². The van der Waals surface area contributed by atoms with Gasteiger partial charge in [-0.25, -0.2) is 0 Å². The first-order valence-electron chi connectivity index (χ1n) is 2.45. The van der Waals surface area contributed by atoms with E-state index in [1.807, 2.05) is 22.6 Å². The third-order valence-electron chi connectivity index (χ3n) is 1.22. The Labute approximate surface area is 66.5 Å². The molecule has 0 fully saturated rings. The first-order valence-corrected chi connectivity index (χ1v) is 3.53. The predicted octanol–water partition coefficient (Wildman–Crippen LogP) is 0.0957. The highest BCUT2D eigenvalue weighted by Gasteiger charge is 2.25. The Balaban J connectivity index is 2.82. The molecule has 9 heavy (non-hydrogen) atoms. The number of halogens is 1. The van der Waals surface area contributed by atoms with E-state index in [0.29, 0.717) is 3.58 Å². The van der Waals surface area contributed by atoms with Gasteiger partial charge in [0.1, 0.15) is 0 Å². The van der Waals surface area contributed by atoms with E-state index in [2.05, 4.69) is 0 Å². The molecular formula is C5H6INO2. The molecule has 0 spiro atoms. The van der Waals surface area contributed by atoms with Gasteiger partial charge in [0, 0.05) is 16.7 Å². The van der Waals surface area contributed by atoms with Gasteiger partial charge in [0.25, 0.3) is 0 Å². The van der Waals surface area contributed by atoms with Crippen LogP contribution >= 0.6 is 22.6 Å². The van der Waals surface area contributed by atoms with Gasteiger partial charge in [-0.2, -0.15) is 0 Å². The molecule has 0 aliphatic carbocycles. The minimum atomic E-state index is -0.710. The number of carbonyl (C=O) groups is 1. The Kier molecular flexibility index (Phi) is 1.76. The van der Waals surface area contributed by atoms with Crippen LogP contribution in [-0.2, 0) is 4.79 Å². The van der Waals surface area contributed by atoms with Crippen molar-refractivity contribution in [2.75, 3.05) is 7.05 Å². The van der Waals surface area contributed by atoms with E-state index < -0.39 is 6.23 Å². The summed E-state index contributed by atoms with van der Waals surface area (Å²) in [6, 6.07) is 0. The molecule has 1 rings (SSSR count). The summed E-state index contributed by atoms with van der Waals surface area (Å²) in [6.45, 7) is 0. The molecule has 1 amide bonds. The largest absolute Gasteiger partial charge is 0.369 e. The van der Waals surface area contributed by atoms with Crippen LogP contribution < -0.4 is 0 Å². The maximum atomic E-state index is 10.7. The number of hydrogen-bond donors (Lipinski definition) is 1. The lowest BCUT2D eigenvalue weighted by Gasteiger charge is -2.13. The van der Waals surface area contributed by atoms with Gasteiger partial charge in [0.15, 0.2) is 6.23 Å². The van der Waals surface area contributed by atoms with Crippen molar-refractivity contribution in [3.8, 4) is 0 Å². The van der Waals surface area contributed by atoms with Gasteiger partial charge < -0.3 is 10.0 Å². The summed E-state index contributed by atoms with van der Waals surface area (Å²) in [6.07, 6.45) is 0.712. The van der Waals surface area contributed by atoms with Crippen molar-refractivity contribution in [3.63, 3.8) is 0 Å². The molecule has 50 valence electrons. The van der Waals surface area contributed by atoms with E-state index >= 15 is 0 Å².